The molecule has 1 aliphatic heterocycles. The topological polar surface area (TPSA) is 24.5 Å². The number of ether oxygens (including phenoxy) is 1. The Hall–Kier alpha value is -1.29. The second kappa shape index (κ2) is 5.14. The average molecular weight is 252 g/mol. The lowest BCUT2D eigenvalue weighted by Gasteiger charge is -2.32. The molecule has 0 unspecified atom stereocenters. The number of anilines is 1. The average Bonchev–Trinajstić information content (AvgIpc) is 2.50. The molecule has 1 fully saturated rings. The van der Waals surface area contributed by atoms with E-state index >= 15 is 0 Å². The number of nitrogens with zero attached hydrogens (tertiary/aromatic N) is 1. The number of methoxy groups -OCH3 is 1. The monoisotopic (exact) mass is 252 g/mol. The van der Waals surface area contributed by atoms with E-state index in [0.29, 0.717) is 5.75 Å². The summed E-state index contributed by atoms with van der Waals surface area (Å²) >= 11 is 0. The fraction of sp³-hybridized carbons (Fsp3) is 0.571. The van der Waals surface area contributed by atoms with Crippen molar-refractivity contribution in [1.29, 1.82) is 0 Å². The fourth-order valence-electron chi connectivity index (χ4n) is 2.43. The molecule has 18 heavy (non-hydrogen) atoms. The Bertz CT molecular complexity index is 420. The summed E-state index contributed by atoms with van der Waals surface area (Å²) in [5.74, 6) is 0.343. The summed E-state index contributed by atoms with van der Waals surface area (Å²) in [6, 6.07) is 4.74. The van der Waals surface area contributed by atoms with Crippen LogP contribution in [0.25, 0.3) is 0 Å². The van der Waals surface area contributed by atoms with E-state index in [9.17, 15) is 4.39 Å². The van der Waals surface area contributed by atoms with Crippen LogP contribution >= 0.6 is 0 Å². The van der Waals surface area contributed by atoms with E-state index in [0.717, 1.165) is 31.7 Å². The van der Waals surface area contributed by atoms with Crippen molar-refractivity contribution >= 4 is 5.69 Å². The van der Waals surface area contributed by atoms with Gasteiger partial charge < -0.3 is 15.0 Å². The second-order valence-corrected chi connectivity index (χ2v) is 5.40. The molecule has 1 heterocycles. The molecule has 0 atom stereocenters. The first-order chi connectivity index (χ1) is 8.52. The molecule has 0 aromatic heterocycles. The molecule has 4 heteroatoms. The van der Waals surface area contributed by atoms with Crippen LogP contribution in [-0.2, 0) is 0 Å². The molecule has 0 saturated carbocycles. The Kier molecular flexibility index (Phi) is 3.76. The quantitative estimate of drug-likeness (QED) is 0.875. The predicted octanol–water partition coefficient (Wildman–Crippen LogP) is 2.41. The Labute approximate surface area is 108 Å². The van der Waals surface area contributed by atoms with Crippen LogP contribution in [0, 0.1) is 5.82 Å². The standard InChI is InChI=1S/C14H21FN2O/c1-14(2)10-17(8-4-7-16-14)12-6-5-11(15)9-13(12)18-3/h5-6,9,16H,4,7-8,10H2,1-3H3. The van der Waals surface area contributed by atoms with Gasteiger partial charge in [-0.1, -0.05) is 0 Å². The van der Waals surface area contributed by atoms with Gasteiger partial charge >= 0.3 is 0 Å². The number of hydrogen-bond donors (Lipinski definition) is 1. The third-order valence-electron chi connectivity index (χ3n) is 3.28. The summed E-state index contributed by atoms with van der Waals surface area (Å²) in [6.07, 6.45) is 1.07. The van der Waals surface area contributed by atoms with E-state index in [-0.39, 0.29) is 11.4 Å². The van der Waals surface area contributed by atoms with Crippen LogP contribution in [0.2, 0.25) is 0 Å². The van der Waals surface area contributed by atoms with Crippen LogP contribution in [-0.4, -0.2) is 32.3 Å². The van der Waals surface area contributed by atoms with Crippen molar-refractivity contribution in [2.75, 3.05) is 31.6 Å². The third kappa shape index (κ3) is 2.93. The lowest BCUT2D eigenvalue weighted by Crippen LogP contribution is -2.46. The Morgan fingerprint density at radius 2 is 2.17 bits per heavy atom. The van der Waals surface area contributed by atoms with Crippen molar-refractivity contribution in [3.8, 4) is 5.75 Å². The normalized spacial score (nSPS) is 19.4. The number of benzene rings is 1. The molecule has 0 radical (unpaired) electrons. The minimum atomic E-state index is -0.261. The van der Waals surface area contributed by atoms with Gasteiger partial charge in [-0.3, -0.25) is 0 Å². The molecule has 1 aromatic carbocycles. The zero-order valence-corrected chi connectivity index (χ0v) is 11.3. The smallest absolute Gasteiger partial charge is 0.145 e. The summed E-state index contributed by atoms with van der Waals surface area (Å²) in [5, 5.41) is 3.51. The number of hydrogen-bond acceptors (Lipinski definition) is 3. The molecule has 0 spiro atoms. The molecule has 2 rings (SSSR count). The molecule has 1 aliphatic rings. The van der Waals surface area contributed by atoms with E-state index in [1.807, 2.05) is 0 Å². The predicted molar refractivity (Wildman–Crippen MR) is 71.9 cm³/mol. The van der Waals surface area contributed by atoms with E-state index in [4.69, 9.17) is 4.74 Å². The summed E-state index contributed by atoms with van der Waals surface area (Å²) < 4.78 is 18.5. The van der Waals surface area contributed by atoms with Gasteiger partial charge in [-0.25, -0.2) is 4.39 Å². The zero-order valence-electron chi connectivity index (χ0n) is 11.3. The molecule has 0 bridgehead atoms. The molecule has 1 aromatic rings. The molecule has 1 N–H and O–H groups in total. The van der Waals surface area contributed by atoms with Crippen LogP contribution in [0.5, 0.6) is 5.75 Å². The van der Waals surface area contributed by atoms with Crippen LogP contribution < -0.4 is 15.0 Å². The van der Waals surface area contributed by atoms with E-state index in [1.165, 1.54) is 12.1 Å². The molecule has 3 nitrogen and oxygen atoms in total. The second-order valence-electron chi connectivity index (χ2n) is 5.40. The Morgan fingerprint density at radius 3 is 2.89 bits per heavy atom. The number of rotatable bonds is 2. The Morgan fingerprint density at radius 1 is 1.39 bits per heavy atom. The number of halogens is 1. The van der Waals surface area contributed by atoms with Crippen LogP contribution in [0.3, 0.4) is 0 Å². The van der Waals surface area contributed by atoms with Crippen molar-refractivity contribution in [1.82, 2.24) is 5.32 Å². The van der Waals surface area contributed by atoms with Gasteiger partial charge in [-0.05, 0) is 38.9 Å². The molecular weight excluding hydrogens is 231 g/mol. The third-order valence-corrected chi connectivity index (χ3v) is 3.28. The maximum atomic E-state index is 13.2. The van der Waals surface area contributed by atoms with Crippen molar-refractivity contribution < 1.29 is 9.13 Å². The van der Waals surface area contributed by atoms with Gasteiger partial charge in [0.05, 0.1) is 12.8 Å². The fourth-order valence-corrected chi connectivity index (χ4v) is 2.43. The highest BCUT2D eigenvalue weighted by Gasteiger charge is 2.25. The molecule has 0 aliphatic carbocycles. The lowest BCUT2D eigenvalue weighted by molar-refractivity contribution is 0.402. The van der Waals surface area contributed by atoms with Gasteiger partial charge in [-0.2, -0.15) is 0 Å². The van der Waals surface area contributed by atoms with Crippen molar-refractivity contribution in [2.45, 2.75) is 25.8 Å². The number of nitrogens with one attached hydrogen (secondary N) is 1. The zero-order chi connectivity index (χ0) is 13.2. The van der Waals surface area contributed by atoms with Gasteiger partial charge in [0, 0.05) is 24.7 Å². The SMILES string of the molecule is COc1cc(F)ccc1N1CCCNC(C)(C)C1. The largest absolute Gasteiger partial charge is 0.494 e. The highest BCUT2D eigenvalue weighted by molar-refractivity contribution is 5.59. The van der Waals surface area contributed by atoms with Gasteiger partial charge in [0.25, 0.3) is 0 Å². The molecular formula is C14H21FN2O. The summed E-state index contributed by atoms with van der Waals surface area (Å²) in [4.78, 5) is 2.26. The first-order valence-electron chi connectivity index (χ1n) is 6.35. The maximum Gasteiger partial charge on any atom is 0.145 e. The van der Waals surface area contributed by atoms with Gasteiger partial charge in [0.2, 0.25) is 0 Å². The first kappa shape index (κ1) is 13.1. The first-order valence-corrected chi connectivity index (χ1v) is 6.35. The van der Waals surface area contributed by atoms with Gasteiger partial charge in [-0.15, -0.1) is 0 Å². The van der Waals surface area contributed by atoms with E-state index in [1.54, 1.807) is 13.2 Å². The maximum absolute atomic E-state index is 13.2. The highest BCUT2D eigenvalue weighted by Crippen LogP contribution is 2.30. The van der Waals surface area contributed by atoms with Crippen LogP contribution in [0.4, 0.5) is 10.1 Å². The molecule has 100 valence electrons. The van der Waals surface area contributed by atoms with E-state index < -0.39 is 0 Å². The Balaban J connectivity index is 2.29. The minimum Gasteiger partial charge on any atom is -0.494 e. The van der Waals surface area contributed by atoms with Crippen LogP contribution in [0.1, 0.15) is 20.3 Å². The summed E-state index contributed by atoms with van der Waals surface area (Å²) in [5.41, 5.74) is 1.02. The van der Waals surface area contributed by atoms with Crippen molar-refractivity contribution in [3.63, 3.8) is 0 Å². The lowest BCUT2D eigenvalue weighted by atomic mass is 10.1. The van der Waals surface area contributed by atoms with Crippen molar-refractivity contribution in [2.24, 2.45) is 0 Å². The summed E-state index contributed by atoms with van der Waals surface area (Å²) in [6.45, 7) is 7.21. The molecule has 1 saturated heterocycles. The van der Waals surface area contributed by atoms with Gasteiger partial charge in [0.1, 0.15) is 11.6 Å². The van der Waals surface area contributed by atoms with Crippen LogP contribution in [0.15, 0.2) is 18.2 Å². The van der Waals surface area contributed by atoms with Gasteiger partial charge in [0.15, 0.2) is 0 Å². The summed E-state index contributed by atoms with van der Waals surface area (Å²) in [7, 11) is 1.58. The molecule has 0 amide bonds. The highest BCUT2D eigenvalue weighted by atomic mass is 19.1. The van der Waals surface area contributed by atoms with Crippen molar-refractivity contribution in [3.05, 3.63) is 24.0 Å². The van der Waals surface area contributed by atoms with E-state index in [2.05, 4.69) is 24.1 Å². The minimum absolute atomic E-state index is 0.0515.